The number of nitrogens with one attached hydrogen (secondary N) is 3. The summed E-state index contributed by atoms with van der Waals surface area (Å²) in [5, 5.41) is 6.59. The first-order chi connectivity index (χ1) is 13.9. The first-order valence-electron chi connectivity index (χ1n) is 9.95. The van der Waals surface area contributed by atoms with Crippen LogP contribution < -0.4 is 15.4 Å². The Morgan fingerprint density at radius 2 is 1.60 bits per heavy atom. The lowest BCUT2D eigenvalue weighted by Crippen LogP contribution is -2.37. The van der Waals surface area contributed by atoms with Gasteiger partial charge >= 0.3 is 0 Å². The van der Waals surface area contributed by atoms with Gasteiger partial charge in [-0.2, -0.15) is 0 Å². The van der Waals surface area contributed by atoms with E-state index in [1.165, 1.54) is 5.56 Å². The maximum Gasteiger partial charge on any atom is 0.216 e. The van der Waals surface area contributed by atoms with Crippen LogP contribution in [0.4, 0.5) is 0 Å². The van der Waals surface area contributed by atoms with Crippen LogP contribution in [0.1, 0.15) is 37.0 Å². The molecule has 166 valence electrons. The van der Waals surface area contributed by atoms with Crippen molar-refractivity contribution in [1.29, 1.82) is 0 Å². The van der Waals surface area contributed by atoms with Gasteiger partial charge in [-0.25, -0.2) is 13.1 Å². The molecule has 0 saturated carbocycles. The van der Waals surface area contributed by atoms with Crippen molar-refractivity contribution >= 4 is 40.0 Å². The molecule has 2 aromatic rings. The van der Waals surface area contributed by atoms with Gasteiger partial charge in [-0.3, -0.25) is 4.99 Å². The van der Waals surface area contributed by atoms with Crippen molar-refractivity contribution in [2.45, 2.75) is 45.0 Å². The van der Waals surface area contributed by atoms with Gasteiger partial charge in [-0.15, -0.1) is 24.0 Å². The molecule has 0 unspecified atom stereocenters. The molecule has 2 aromatic carbocycles. The van der Waals surface area contributed by atoms with Gasteiger partial charge in [0.25, 0.3) is 0 Å². The Bertz CT molecular complexity index is 887. The molecular formula is C22H33IN4O2S. The van der Waals surface area contributed by atoms with Gasteiger partial charge in [0.2, 0.25) is 10.0 Å². The molecule has 0 aliphatic rings. The van der Waals surface area contributed by atoms with Crippen LogP contribution in [0, 0.1) is 0 Å². The molecule has 0 spiro atoms. The fraction of sp³-hybridized carbons (Fsp3) is 0.409. The van der Waals surface area contributed by atoms with E-state index in [1.54, 1.807) is 7.05 Å². The fourth-order valence-corrected chi connectivity index (χ4v) is 4.51. The summed E-state index contributed by atoms with van der Waals surface area (Å²) < 4.78 is 27.2. The second-order valence-electron chi connectivity index (χ2n) is 7.24. The number of aliphatic imine (C=N–C) groups is 1. The minimum atomic E-state index is -3.37. The lowest BCUT2D eigenvalue weighted by atomic mass is 10.1. The Balaban J connectivity index is 0.00000450. The van der Waals surface area contributed by atoms with Crippen LogP contribution in [0.15, 0.2) is 59.6 Å². The minimum absolute atomic E-state index is 0. The average molecular weight is 545 g/mol. The largest absolute Gasteiger partial charge is 0.356 e. The maximum atomic E-state index is 12.3. The van der Waals surface area contributed by atoms with Gasteiger partial charge in [0.05, 0.1) is 5.75 Å². The van der Waals surface area contributed by atoms with Gasteiger partial charge in [0, 0.05) is 26.2 Å². The number of hydrogen-bond donors (Lipinski definition) is 3. The summed E-state index contributed by atoms with van der Waals surface area (Å²) in [6.07, 6.45) is 2.01. The average Bonchev–Trinajstić information content (AvgIpc) is 2.68. The zero-order valence-electron chi connectivity index (χ0n) is 17.9. The van der Waals surface area contributed by atoms with Crippen molar-refractivity contribution in [3.63, 3.8) is 0 Å². The maximum absolute atomic E-state index is 12.3. The molecule has 0 aliphatic heterocycles. The number of rotatable bonds is 10. The van der Waals surface area contributed by atoms with Gasteiger partial charge in [0.1, 0.15) is 0 Å². The molecule has 6 nitrogen and oxygen atoms in total. The van der Waals surface area contributed by atoms with Gasteiger partial charge in [-0.05, 0) is 43.4 Å². The van der Waals surface area contributed by atoms with Gasteiger partial charge in [-0.1, -0.05) is 54.6 Å². The van der Waals surface area contributed by atoms with E-state index in [4.69, 9.17) is 0 Å². The van der Waals surface area contributed by atoms with Crippen molar-refractivity contribution in [3.05, 3.63) is 71.3 Å². The van der Waals surface area contributed by atoms with Gasteiger partial charge in [0.15, 0.2) is 5.96 Å². The first-order valence-corrected chi connectivity index (χ1v) is 11.6. The highest BCUT2D eigenvalue weighted by molar-refractivity contribution is 14.0. The zero-order chi connectivity index (χ0) is 21.1. The Kier molecular flexibility index (Phi) is 12.0. The minimum Gasteiger partial charge on any atom is -0.356 e. The lowest BCUT2D eigenvalue weighted by Gasteiger charge is -2.15. The van der Waals surface area contributed by atoms with E-state index in [0.29, 0.717) is 12.5 Å². The smallest absolute Gasteiger partial charge is 0.216 e. The molecule has 0 saturated heterocycles. The van der Waals surface area contributed by atoms with Crippen LogP contribution >= 0.6 is 24.0 Å². The highest BCUT2D eigenvalue weighted by Gasteiger charge is 2.15. The molecule has 0 bridgehead atoms. The van der Waals surface area contributed by atoms with E-state index in [9.17, 15) is 8.42 Å². The number of halogens is 1. The molecule has 0 atom stereocenters. The third kappa shape index (κ3) is 9.90. The highest BCUT2D eigenvalue weighted by Crippen LogP contribution is 2.12. The quantitative estimate of drug-likeness (QED) is 0.185. The Morgan fingerprint density at radius 1 is 0.967 bits per heavy atom. The summed E-state index contributed by atoms with van der Waals surface area (Å²) in [6.45, 7) is 4.95. The van der Waals surface area contributed by atoms with Crippen molar-refractivity contribution < 1.29 is 8.42 Å². The van der Waals surface area contributed by atoms with Gasteiger partial charge < -0.3 is 10.6 Å². The van der Waals surface area contributed by atoms with E-state index in [2.05, 4.69) is 44.6 Å². The molecule has 0 aromatic heterocycles. The van der Waals surface area contributed by atoms with Crippen LogP contribution in [0.3, 0.4) is 0 Å². The summed E-state index contributed by atoms with van der Waals surface area (Å²) in [5.74, 6) is 0.669. The number of benzene rings is 2. The zero-order valence-corrected chi connectivity index (χ0v) is 21.0. The van der Waals surface area contributed by atoms with E-state index >= 15 is 0 Å². The number of sulfonamides is 1. The standard InChI is InChI=1S/C22H32N4O2S.HI/c1-18(2)26-29(27,28)17-21-14-8-7-13-20(21)16-25-22(23-3)24-15-9-12-19-10-5-4-6-11-19;/h4-8,10-11,13-14,18,26H,9,12,15-17H2,1-3H3,(H2,23,24,25);1H. The topological polar surface area (TPSA) is 82.6 Å². The summed E-state index contributed by atoms with van der Waals surface area (Å²) in [7, 11) is -1.64. The molecule has 30 heavy (non-hydrogen) atoms. The summed E-state index contributed by atoms with van der Waals surface area (Å²) in [5.41, 5.74) is 3.05. The monoisotopic (exact) mass is 544 g/mol. The van der Waals surface area contributed by atoms with Crippen LogP contribution in [-0.2, 0) is 28.7 Å². The van der Waals surface area contributed by atoms with Crippen LogP contribution in [0.5, 0.6) is 0 Å². The van der Waals surface area contributed by atoms with Crippen LogP contribution in [0.25, 0.3) is 0 Å². The van der Waals surface area contributed by atoms with E-state index in [1.807, 2.05) is 44.2 Å². The molecule has 0 fully saturated rings. The number of hydrogen-bond acceptors (Lipinski definition) is 3. The second-order valence-corrected chi connectivity index (χ2v) is 9.00. The highest BCUT2D eigenvalue weighted by atomic mass is 127. The molecule has 0 heterocycles. The predicted molar refractivity (Wildman–Crippen MR) is 136 cm³/mol. The summed E-state index contributed by atoms with van der Waals surface area (Å²) in [4.78, 5) is 4.26. The SMILES string of the molecule is CN=C(NCCCc1ccccc1)NCc1ccccc1CS(=O)(=O)NC(C)C.I. The molecule has 0 aliphatic carbocycles. The van der Waals surface area contributed by atoms with Crippen molar-refractivity contribution in [1.82, 2.24) is 15.4 Å². The fourth-order valence-electron chi connectivity index (χ4n) is 3.02. The van der Waals surface area contributed by atoms with Crippen molar-refractivity contribution in [2.75, 3.05) is 13.6 Å². The van der Waals surface area contributed by atoms with E-state index in [0.717, 1.165) is 30.5 Å². The molecule has 0 amide bonds. The Hall–Kier alpha value is -1.65. The lowest BCUT2D eigenvalue weighted by molar-refractivity contribution is 0.568. The van der Waals surface area contributed by atoms with E-state index in [-0.39, 0.29) is 35.8 Å². The summed E-state index contributed by atoms with van der Waals surface area (Å²) >= 11 is 0. The van der Waals surface area contributed by atoms with E-state index < -0.39 is 10.0 Å². The molecule has 8 heteroatoms. The summed E-state index contributed by atoms with van der Waals surface area (Å²) in [6, 6.07) is 17.8. The Morgan fingerprint density at radius 3 is 2.23 bits per heavy atom. The number of guanidine groups is 1. The Labute approximate surface area is 198 Å². The number of nitrogens with zero attached hydrogens (tertiary/aromatic N) is 1. The van der Waals surface area contributed by atoms with Crippen LogP contribution in [-0.4, -0.2) is 34.0 Å². The molecule has 0 radical (unpaired) electrons. The first kappa shape index (κ1) is 26.4. The normalized spacial score (nSPS) is 11.8. The third-order valence-electron chi connectivity index (χ3n) is 4.33. The third-order valence-corrected chi connectivity index (χ3v) is 5.85. The van der Waals surface area contributed by atoms with Crippen molar-refractivity contribution in [3.8, 4) is 0 Å². The van der Waals surface area contributed by atoms with Crippen LogP contribution in [0.2, 0.25) is 0 Å². The predicted octanol–water partition coefficient (Wildman–Crippen LogP) is 3.43. The molecular weight excluding hydrogens is 511 g/mol. The number of aryl methyl sites for hydroxylation is 1. The molecule has 2 rings (SSSR count). The second kappa shape index (κ2) is 13.6. The van der Waals surface area contributed by atoms with Crippen molar-refractivity contribution in [2.24, 2.45) is 4.99 Å². The molecule has 3 N–H and O–H groups in total.